The molecule has 20 heavy (non-hydrogen) atoms. The summed E-state index contributed by atoms with van der Waals surface area (Å²) in [6, 6.07) is 7.95. The van der Waals surface area contributed by atoms with E-state index >= 15 is 0 Å². The maximum Gasteiger partial charge on any atom is 0.224 e. The number of carbonyl (C=O) groups is 1. The summed E-state index contributed by atoms with van der Waals surface area (Å²) in [5, 5.41) is 2.74. The molecule has 108 valence electrons. The molecule has 1 heterocycles. The highest BCUT2D eigenvalue weighted by Crippen LogP contribution is 2.20. The molecule has 0 aliphatic carbocycles. The molecule has 5 heteroatoms. The fourth-order valence-corrected chi connectivity index (χ4v) is 2.96. The predicted octanol–water partition coefficient (Wildman–Crippen LogP) is 1.28. The number of hydrogen-bond donors (Lipinski definition) is 2. The number of thiocarbonyl (C=S) groups is 1. The number of carbonyl (C=O) groups excluding carboxylic acids is 1. The maximum atomic E-state index is 11.8. The largest absolute Gasteiger partial charge is 0.389 e. The third-order valence-corrected chi connectivity index (χ3v) is 4.02. The van der Waals surface area contributed by atoms with E-state index in [0.717, 1.165) is 43.6 Å². The Balaban J connectivity index is 2.06. The average Bonchev–Trinajstić information content (AvgIpc) is 2.47. The van der Waals surface area contributed by atoms with Crippen molar-refractivity contribution in [3.8, 4) is 0 Å². The second kappa shape index (κ2) is 6.81. The van der Waals surface area contributed by atoms with E-state index in [0.29, 0.717) is 4.99 Å². The lowest BCUT2D eigenvalue weighted by molar-refractivity contribution is -0.126. The zero-order valence-corrected chi connectivity index (χ0v) is 12.6. The van der Waals surface area contributed by atoms with Gasteiger partial charge < -0.3 is 11.1 Å². The summed E-state index contributed by atoms with van der Waals surface area (Å²) >= 11 is 5.10. The smallest absolute Gasteiger partial charge is 0.224 e. The molecule has 0 spiro atoms. The van der Waals surface area contributed by atoms with E-state index in [2.05, 4.69) is 16.3 Å². The maximum absolute atomic E-state index is 11.8. The molecule has 1 aliphatic rings. The number of hydrogen-bond acceptors (Lipinski definition) is 3. The van der Waals surface area contributed by atoms with Gasteiger partial charge in [0.05, 0.1) is 5.92 Å². The lowest BCUT2D eigenvalue weighted by Gasteiger charge is -2.32. The zero-order valence-electron chi connectivity index (χ0n) is 11.8. The second-order valence-corrected chi connectivity index (χ2v) is 5.65. The predicted molar refractivity (Wildman–Crippen MR) is 84.4 cm³/mol. The van der Waals surface area contributed by atoms with E-state index in [-0.39, 0.29) is 11.8 Å². The number of amides is 1. The summed E-state index contributed by atoms with van der Waals surface area (Å²) in [6.07, 6.45) is 2.01. The van der Waals surface area contributed by atoms with Gasteiger partial charge in [0.15, 0.2) is 0 Å². The molecule has 1 fully saturated rings. The van der Waals surface area contributed by atoms with Crippen molar-refractivity contribution in [3.63, 3.8) is 0 Å². The first-order valence-corrected chi connectivity index (χ1v) is 7.34. The summed E-state index contributed by atoms with van der Waals surface area (Å²) in [5.74, 6) is 0.225. The number of rotatable bonds is 4. The Bertz CT molecular complexity index is 504. The van der Waals surface area contributed by atoms with Gasteiger partial charge in [-0.1, -0.05) is 36.5 Å². The lowest BCUT2D eigenvalue weighted by Crippen LogP contribution is -2.41. The van der Waals surface area contributed by atoms with Crippen LogP contribution in [0.2, 0.25) is 0 Å². The standard InChI is InChI=1S/C15H21N3OS/c1-17-15(19)12-6-4-8-18(10-12)9-11-5-2-3-7-13(11)14(16)20/h2-3,5,7,12H,4,6,8-10H2,1H3,(H2,16,20)(H,17,19). The molecule has 1 atom stereocenters. The molecular weight excluding hydrogens is 270 g/mol. The minimum Gasteiger partial charge on any atom is -0.389 e. The minimum atomic E-state index is 0.0886. The Morgan fingerprint density at radius 2 is 2.25 bits per heavy atom. The van der Waals surface area contributed by atoms with Crippen molar-refractivity contribution in [2.75, 3.05) is 20.1 Å². The SMILES string of the molecule is CNC(=O)C1CCCN(Cc2ccccc2C(N)=S)C1. The molecule has 0 saturated carbocycles. The van der Waals surface area contributed by atoms with Crippen LogP contribution in [0.25, 0.3) is 0 Å². The number of nitrogens with zero attached hydrogens (tertiary/aromatic N) is 1. The van der Waals surface area contributed by atoms with Crippen LogP contribution in [-0.4, -0.2) is 35.9 Å². The Kier molecular flexibility index (Phi) is 5.09. The van der Waals surface area contributed by atoms with Gasteiger partial charge in [-0.3, -0.25) is 9.69 Å². The average molecular weight is 291 g/mol. The Morgan fingerprint density at radius 3 is 2.95 bits per heavy atom. The number of nitrogens with one attached hydrogen (secondary N) is 1. The number of likely N-dealkylation sites (tertiary alicyclic amines) is 1. The van der Waals surface area contributed by atoms with Crippen molar-refractivity contribution in [1.82, 2.24) is 10.2 Å². The van der Waals surface area contributed by atoms with Crippen molar-refractivity contribution in [2.24, 2.45) is 11.7 Å². The monoisotopic (exact) mass is 291 g/mol. The first-order chi connectivity index (χ1) is 9.61. The fraction of sp³-hybridized carbons (Fsp3) is 0.467. The quantitative estimate of drug-likeness (QED) is 0.821. The molecule has 1 aromatic rings. The van der Waals surface area contributed by atoms with Crippen LogP contribution in [0.1, 0.15) is 24.0 Å². The molecule has 1 unspecified atom stereocenters. The second-order valence-electron chi connectivity index (χ2n) is 5.21. The molecule has 4 nitrogen and oxygen atoms in total. The van der Waals surface area contributed by atoms with Crippen LogP contribution in [0.4, 0.5) is 0 Å². The summed E-state index contributed by atoms with van der Waals surface area (Å²) in [7, 11) is 1.70. The Hall–Kier alpha value is -1.46. The highest BCUT2D eigenvalue weighted by atomic mass is 32.1. The van der Waals surface area contributed by atoms with Crippen molar-refractivity contribution < 1.29 is 4.79 Å². The van der Waals surface area contributed by atoms with Crippen molar-refractivity contribution in [2.45, 2.75) is 19.4 Å². The van der Waals surface area contributed by atoms with Gasteiger partial charge >= 0.3 is 0 Å². The molecule has 3 N–H and O–H groups in total. The highest BCUT2D eigenvalue weighted by Gasteiger charge is 2.25. The molecule has 1 aliphatic heterocycles. The van der Waals surface area contributed by atoms with Gasteiger partial charge in [0, 0.05) is 25.7 Å². The summed E-state index contributed by atoms with van der Waals surface area (Å²) in [6.45, 7) is 2.60. The van der Waals surface area contributed by atoms with Crippen molar-refractivity contribution in [3.05, 3.63) is 35.4 Å². The molecule has 2 rings (SSSR count). The molecule has 1 aromatic carbocycles. The highest BCUT2D eigenvalue weighted by molar-refractivity contribution is 7.80. The van der Waals surface area contributed by atoms with Crippen molar-refractivity contribution in [1.29, 1.82) is 0 Å². The first kappa shape index (κ1) is 14.9. The minimum absolute atomic E-state index is 0.0886. The van der Waals surface area contributed by atoms with Crippen molar-refractivity contribution >= 4 is 23.1 Å². The lowest BCUT2D eigenvalue weighted by atomic mass is 9.96. The molecule has 0 radical (unpaired) electrons. The third-order valence-electron chi connectivity index (χ3n) is 3.80. The van der Waals surface area contributed by atoms with Gasteiger partial charge in [-0.2, -0.15) is 0 Å². The van der Waals surface area contributed by atoms with Gasteiger partial charge in [0.25, 0.3) is 0 Å². The number of benzene rings is 1. The van der Waals surface area contributed by atoms with Crippen LogP contribution < -0.4 is 11.1 Å². The summed E-state index contributed by atoms with van der Waals surface area (Å²) in [5.41, 5.74) is 7.84. The number of nitrogens with two attached hydrogens (primary N) is 1. The van der Waals surface area contributed by atoms with Crippen LogP contribution in [0.5, 0.6) is 0 Å². The first-order valence-electron chi connectivity index (χ1n) is 6.93. The van der Waals surface area contributed by atoms with Crippen LogP contribution >= 0.6 is 12.2 Å². The molecule has 0 aromatic heterocycles. The van der Waals surface area contributed by atoms with E-state index < -0.39 is 0 Å². The normalized spacial score (nSPS) is 19.6. The van der Waals surface area contributed by atoms with Gasteiger partial charge in [0.2, 0.25) is 5.91 Å². The van der Waals surface area contributed by atoms with Crippen LogP contribution in [0.15, 0.2) is 24.3 Å². The fourth-order valence-electron chi connectivity index (χ4n) is 2.76. The van der Waals surface area contributed by atoms with Crippen LogP contribution in [0, 0.1) is 5.92 Å². The van der Waals surface area contributed by atoms with Gasteiger partial charge in [-0.15, -0.1) is 0 Å². The Morgan fingerprint density at radius 1 is 1.50 bits per heavy atom. The summed E-state index contributed by atoms with van der Waals surface area (Å²) < 4.78 is 0. The van der Waals surface area contributed by atoms with Crippen LogP contribution in [-0.2, 0) is 11.3 Å². The van der Waals surface area contributed by atoms with Gasteiger partial charge in [0.1, 0.15) is 4.99 Å². The Labute approximate surface area is 125 Å². The summed E-state index contributed by atoms with van der Waals surface area (Å²) in [4.78, 5) is 14.5. The molecule has 1 amide bonds. The third kappa shape index (κ3) is 3.55. The van der Waals surface area contributed by atoms with Gasteiger partial charge in [-0.25, -0.2) is 0 Å². The molecule has 0 bridgehead atoms. The van der Waals surface area contributed by atoms with E-state index in [9.17, 15) is 4.79 Å². The topological polar surface area (TPSA) is 58.4 Å². The van der Waals surface area contributed by atoms with Crippen LogP contribution in [0.3, 0.4) is 0 Å². The molecular formula is C15H21N3OS. The van der Waals surface area contributed by atoms with E-state index in [1.807, 2.05) is 18.2 Å². The van der Waals surface area contributed by atoms with E-state index in [1.165, 1.54) is 0 Å². The van der Waals surface area contributed by atoms with Gasteiger partial charge in [-0.05, 0) is 24.9 Å². The van der Waals surface area contributed by atoms with E-state index in [4.69, 9.17) is 18.0 Å². The zero-order chi connectivity index (χ0) is 14.5. The number of piperidine rings is 1. The van der Waals surface area contributed by atoms with E-state index in [1.54, 1.807) is 7.05 Å². The molecule has 1 saturated heterocycles.